The molecule has 3 nitrogen and oxygen atoms in total. The summed E-state index contributed by atoms with van der Waals surface area (Å²) >= 11 is 0. The molecular weight excluding hydrogens is 262 g/mol. The van der Waals surface area contributed by atoms with Crippen LogP contribution in [0.3, 0.4) is 0 Å². The van der Waals surface area contributed by atoms with Gasteiger partial charge in [0.05, 0.1) is 19.6 Å². The molecule has 21 heavy (non-hydrogen) atoms. The zero-order valence-corrected chi connectivity index (χ0v) is 12.5. The molecule has 2 aromatic rings. The van der Waals surface area contributed by atoms with Gasteiger partial charge in [0.1, 0.15) is 5.75 Å². The minimum atomic E-state index is 0.0344. The van der Waals surface area contributed by atoms with E-state index in [-0.39, 0.29) is 11.9 Å². The first-order valence-corrected chi connectivity index (χ1v) is 7.20. The highest BCUT2D eigenvalue weighted by Gasteiger charge is 2.13. The molecule has 0 fully saturated rings. The van der Waals surface area contributed by atoms with E-state index in [0.29, 0.717) is 6.42 Å². The maximum absolute atomic E-state index is 12.1. The average molecular weight is 283 g/mol. The molecule has 0 saturated carbocycles. The fraction of sp³-hybridized carbons (Fsp3) is 0.278. The second-order valence-electron chi connectivity index (χ2n) is 4.96. The zero-order valence-electron chi connectivity index (χ0n) is 12.5. The number of amides is 1. The molecule has 0 aromatic heterocycles. The zero-order chi connectivity index (χ0) is 15.1. The van der Waals surface area contributed by atoms with Crippen LogP contribution in [-0.2, 0) is 11.2 Å². The van der Waals surface area contributed by atoms with Crippen LogP contribution in [0, 0.1) is 0 Å². The number of rotatable bonds is 6. The number of carbonyl (C=O) groups excluding carboxylic acids is 1. The molecular formula is C18H21NO2. The normalized spacial score (nSPS) is 11.7. The Labute approximate surface area is 126 Å². The molecule has 0 aliphatic carbocycles. The first kappa shape index (κ1) is 15.1. The molecule has 2 rings (SSSR count). The molecule has 0 heterocycles. The third-order valence-corrected chi connectivity index (χ3v) is 3.47. The second kappa shape index (κ2) is 7.48. The molecule has 0 spiro atoms. The third kappa shape index (κ3) is 4.35. The lowest BCUT2D eigenvalue weighted by atomic mass is 10.0. The van der Waals surface area contributed by atoms with Gasteiger partial charge in [0.25, 0.3) is 0 Å². The van der Waals surface area contributed by atoms with Gasteiger partial charge in [0, 0.05) is 0 Å². The molecule has 110 valence electrons. The van der Waals surface area contributed by atoms with Gasteiger partial charge in [-0.05, 0) is 29.7 Å². The van der Waals surface area contributed by atoms with Crippen molar-refractivity contribution in [3.63, 3.8) is 0 Å². The minimum absolute atomic E-state index is 0.0344. The van der Waals surface area contributed by atoms with Gasteiger partial charge in [-0.15, -0.1) is 0 Å². The van der Waals surface area contributed by atoms with Crippen LogP contribution in [0.4, 0.5) is 0 Å². The van der Waals surface area contributed by atoms with Crippen molar-refractivity contribution in [2.75, 3.05) is 7.11 Å². The Bertz CT molecular complexity index is 564. The number of hydrogen-bond acceptors (Lipinski definition) is 2. The quantitative estimate of drug-likeness (QED) is 0.881. The minimum Gasteiger partial charge on any atom is -0.497 e. The van der Waals surface area contributed by atoms with E-state index in [1.807, 2.05) is 54.6 Å². The first-order chi connectivity index (χ1) is 10.2. The Kier molecular flexibility index (Phi) is 5.38. The van der Waals surface area contributed by atoms with Gasteiger partial charge in [-0.1, -0.05) is 49.4 Å². The predicted molar refractivity (Wildman–Crippen MR) is 84.3 cm³/mol. The van der Waals surface area contributed by atoms with Crippen LogP contribution >= 0.6 is 0 Å². The van der Waals surface area contributed by atoms with Crippen LogP contribution in [0.1, 0.15) is 30.5 Å². The van der Waals surface area contributed by atoms with Crippen molar-refractivity contribution in [1.82, 2.24) is 5.32 Å². The Morgan fingerprint density at radius 3 is 2.33 bits per heavy atom. The summed E-state index contributed by atoms with van der Waals surface area (Å²) < 4.78 is 5.16. The van der Waals surface area contributed by atoms with Crippen molar-refractivity contribution < 1.29 is 9.53 Å². The molecule has 1 N–H and O–H groups in total. The van der Waals surface area contributed by atoms with E-state index in [2.05, 4.69) is 12.2 Å². The van der Waals surface area contributed by atoms with E-state index in [9.17, 15) is 4.79 Å². The molecule has 0 aliphatic rings. The fourth-order valence-electron chi connectivity index (χ4n) is 2.28. The van der Waals surface area contributed by atoms with E-state index >= 15 is 0 Å². The number of benzene rings is 2. The van der Waals surface area contributed by atoms with Crippen LogP contribution in [0.15, 0.2) is 54.6 Å². The van der Waals surface area contributed by atoms with E-state index in [1.54, 1.807) is 7.11 Å². The van der Waals surface area contributed by atoms with Gasteiger partial charge < -0.3 is 10.1 Å². The summed E-state index contributed by atoms with van der Waals surface area (Å²) in [5.74, 6) is 0.869. The van der Waals surface area contributed by atoms with Crippen LogP contribution in [0.2, 0.25) is 0 Å². The van der Waals surface area contributed by atoms with E-state index in [1.165, 1.54) is 0 Å². The van der Waals surface area contributed by atoms with E-state index < -0.39 is 0 Å². The van der Waals surface area contributed by atoms with Gasteiger partial charge in [-0.25, -0.2) is 0 Å². The largest absolute Gasteiger partial charge is 0.497 e. The van der Waals surface area contributed by atoms with Gasteiger partial charge in [0.2, 0.25) is 5.91 Å². The summed E-state index contributed by atoms with van der Waals surface area (Å²) in [6, 6.07) is 17.6. The summed E-state index contributed by atoms with van der Waals surface area (Å²) in [6.07, 6.45) is 1.26. The number of methoxy groups -OCH3 is 1. The lowest BCUT2D eigenvalue weighted by Crippen LogP contribution is -2.29. The topological polar surface area (TPSA) is 38.3 Å². The summed E-state index contributed by atoms with van der Waals surface area (Å²) in [4.78, 5) is 12.1. The summed E-state index contributed by atoms with van der Waals surface area (Å²) in [7, 11) is 1.65. The number of carbonyl (C=O) groups is 1. The van der Waals surface area contributed by atoms with Gasteiger partial charge >= 0.3 is 0 Å². The Balaban J connectivity index is 1.99. The monoisotopic (exact) mass is 283 g/mol. The van der Waals surface area contributed by atoms with Crippen molar-refractivity contribution in [2.45, 2.75) is 25.8 Å². The highest BCUT2D eigenvalue weighted by Crippen LogP contribution is 2.20. The molecule has 1 atom stereocenters. The molecule has 0 unspecified atom stereocenters. The Morgan fingerprint density at radius 1 is 1.10 bits per heavy atom. The second-order valence-corrected chi connectivity index (χ2v) is 4.96. The van der Waals surface area contributed by atoms with Crippen LogP contribution in [-0.4, -0.2) is 13.0 Å². The van der Waals surface area contributed by atoms with Crippen LogP contribution < -0.4 is 10.1 Å². The van der Waals surface area contributed by atoms with Crippen LogP contribution in [0.25, 0.3) is 0 Å². The smallest absolute Gasteiger partial charge is 0.224 e. The van der Waals surface area contributed by atoms with Crippen molar-refractivity contribution in [1.29, 1.82) is 0 Å². The Morgan fingerprint density at radius 2 is 1.76 bits per heavy atom. The number of nitrogens with one attached hydrogen (secondary N) is 1. The predicted octanol–water partition coefficient (Wildman–Crippen LogP) is 3.51. The lowest BCUT2D eigenvalue weighted by molar-refractivity contribution is -0.121. The van der Waals surface area contributed by atoms with Crippen molar-refractivity contribution >= 4 is 5.91 Å². The maximum Gasteiger partial charge on any atom is 0.224 e. The van der Waals surface area contributed by atoms with E-state index in [4.69, 9.17) is 4.74 Å². The van der Waals surface area contributed by atoms with Gasteiger partial charge in [-0.2, -0.15) is 0 Å². The highest BCUT2D eigenvalue weighted by atomic mass is 16.5. The molecule has 2 aromatic carbocycles. The molecule has 0 radical (unpaired) electrons. The van der Waals surface area contributed by atoms with Gasteiger partial charge in [0.15, 0.2) is 0 Å². The molecule has 0 saturated heterocycles. The van der Waals surface area contributed by atoms with Crippen LogP contribution in [0.5, 0.6) is 5.75 Å². The molecule has 3 heteroatoms. The van der Waals surface area contributed by atoms with Crippen molar-refractivity contribution in [3.05, 3.63) is 65.7 Å². The SMILES string of the molecule is CC[C@@H](NC(=O)Cc1ccccc1)c1ccc(OC)cc1. The summed E-state index contributed by atoms with van der Waals surface area (Å²) in [5, 5.41) is 3.09. The number of hydrogen-bond donors (Lipinski definition) is 1. The van der Waals surface area contributed by atoms with Crippen molar-refractivity contribution in [2.24, 2.45) is 0 Å². The summed E-state index contributed by atoms with van der Waals surface area (Å²) in [6.45, 7) is 2.07. The average Bonchev–Trinajstić information content (AvgIpc) is 2.53. The highest BCUT2D eigenvalue weighted by molar-refractivity contribution is 5.79. The molecule has 0 bridgehead atoms. The van der Waals surface area contributed by atoms with Gasteiger partial charge in [-0.3, -0.25) is 4.79 Å². The fourth-order valence-corrected chi connectivity index (χ4v) is 2.28. The Hall–Kier alpha value is -2.29. The number of ether oxygens (including phenoxy) is 1. The third-order valence-electron chi connectivity index (χ3n) is 3.47. The first-order valence-electron chi connectivity index (χ1n) is 7.20. The lowest BCUT2D eigenvalue weighted by Gasteiger charge is -2.18. The maximum atomic E-state index is 12.1. The van der Waals surface area contributed by atoms with Crippen molar-refractivity contribution in [3.8, 4) is 5.75 Å². The summed E-state index contributed by atoms with van der Waals surface area (Å²) in [5.41, 5.74) is 2.12. The molecule has 1 amide bonds. The standard InChI is InChI=1S/C18H21NO2/c1-3-17(15-9-11-16(21-2)12-10-15)19-18(20)13-14-7-5-4-6-8-14/h4-12,17H,3,13H2,1-2H3,(H,19,20)/t17-/m1/s1. The van der Waals surface area contributed by atoms with E-state index in [0.717, 1.165) is 23.3 Å². The molecule has 0 aliphatic heterocycles.